The van der Waals surface area contributed by atoms with E-state index in [-0.39, 0.29) is 5.92 Å². The van der Waals surface area contributed by atoms with Crippen molar-refractivity contribution in [1.82, 2.24) is 9.78 Å². The number of halogens is 1. The zero-order valence-corrected chi connectivity index (χ0v) is 12.1. The molecule has 1 saturated carbocycles. The normalized spacial score (nSPS) is 24.6. The van der Waals surface area contributed by atoms with E-state index in [2.05, 4.69) is 12.0 Å². The summed E-state index contributed by atoms with van der Waals surface area (Å²) in [5.41, 5.74) is 1.95. The van der Waals surface area contributed by atoms with Gasteiger partial charge in [-0.15, -0.1) is 0 Å². The molecule has 1 aliphatic carbocycles. The molecular formula is C14H21ClN2O. The van der Waals surface area contributed by atoms with Crippen molar-refractivity contribution in [2.75, 3.05) is 0 Å². The standard InChI is InChI=1S/C14H21ClN2O/c1-4-11-14(15)12(17(3)16-11)8-10-7-9(2)5-6-13(10)18/h9-10H,4-8H2,1-3H3. The highest BCUT2D eigenvalue weighted by molar-refractivity contribution is 6.31. The summed E-state index contributed by atoms with van der Waals surface area (Å²) < 4.78 is 1.84. The van der Waals surface area contributed by atoms with Crippen molar-refractivity contribution in [2.24, 2.45) is 18.9 Å². The van der Waals surface area contributed by atoms with E-state index in [0.29, 0.717) is 11.7 Å². The highest BCUT2D eigenvalue weighted by atomic mass is 35.5. The van der Waals surface area contributed by atoms with Gasteiger partial charge in [0.05, 0.1) is 16.4 Å². The van der Waals surface area contributed by atoms with Crippen molar-refractivity contribution in [3.8, 4) is 0 Å². The first-order valence-electron chi connectivity index (χ1n) is 6.75. The van der Waals surface area contributed by atoms with E-state index in [0.717, 1.165) is 48.5 Å². The van der Waals surface area contributed by atoms with Gasteiger partial charge in [0.15, 0.2) is 0 Å². The van der Waals surface area contributed by atoms with E-state index < -0.39 is 0 Å². The largest absolute Gasteiger partial charge is 0.299 e. The van der Waals surface area contributed by atoms with Gasteiger partial charge < -0.3 is 0 Å². The number of carbonyl (C=O) groups is 1. The summed E-state index contributed by atoms with van der Waals surface area (Å²) in [7, 11) is 1.91. The molecule has 0 radical (unpaired) electrons. The Bertz CT molecular complexity index is 453. The van der Waals surface area contributed by atoms with Gasteiger partial charge >= 0.3 is 0 Å². The van der Waals surface area contributed by atoms with Crippen LogP contribution in [-0.4, -0.2) is 15.6 Å². The first kappa shape index (κ1) is 13.6. The van der Waals surface area contributed by atoms with Crippen molar-refractivity contribution in [3.63, 3.8) is 0 Å². The van der Waals surface area contributed by atoms with E-state index in [9.17, 15) is 4.79 Å². The molecule has 100 valence electrons. The van der Waals surface area contributed by atoms with Crippen molar-refractivity contribution in [3.05, 3.63) is 16.4 Å². The van der Waals surface area contributed by atoms with Crippen LogP contribution in [0, 0.1) is 11.8 Å². The first-order valence-corrected chi connectivity index (χ1v) is 7.13. The quantitative estimate of drug-likeness (QED) is 0.844. The number of hydrogen-bond acceptors (Lipinski definition) is 2. The van der Waals surface area contributed by atoms with Crippen LogP contribution < -0.4 is 0 Å². The second-order valence-electron chi connectivity index (χ2n) is 5.43. The lowest BCUT2D eigenvalue weighted by Crippen LogP contribution is -2.26. The lowest BCUT2D eigenvalue weighted by Gasteiger charge is -2.25. The predicted octanol–water partition coefficient (Wildman–Crippen LogP) is 3.18. The molecule has 18 heavy (non-hydrogen) atoms. The third-order valence-corrected chi connectivity index (χ3v) is 4.40. The number of rotatable bonds is 3. The fourth-order valence-electron chi connectivity index (χ4n) is 2.80. The van der Waals surface area contributed by atoms with Gasteiger partial charge in [-0.1, -0.05) is 25.4 Å². The van der Waals surface area contributed by atoms with Crippen LogP contribution >= 0.6 is 11.6 Å². The Labute approximate surface area is 114 Å². The highest BCUT2D eigenvalue weighted by Crippen LogP contribution is 2.31. The molecule has 0 saturated heterocycles. The molecule has 1 fully saturated rings. The number of nitrogens with zero attached hydrogens (tertiary/aromatic N) is 2. The van der Waals surface area contributed by atoms with Crippen LogP contribution in [0.5, 0.6) is 0 Å². The predicted molar refractivity (Wildman–Crippen MR) is 72.8 cm³/mol. The zero-order chi connectivity index (χ0) is 13.3. The molecule has 1 aromatic heterocycles. The molecule has 0 spiro atoms. The van der Waals surface area contributed by atoms with E-state index in [4.69, 9.17) is 11.6 Å². The molecule has 1 heterocycles. The molecule has 0 bridgehead atoms. The average Bonchev–Trinajstić information content (AvgIpc) is 2.61. The molecule has 2 atom stereocenters. The Balaban J connectivity index is 2.18. The van der Waals surface area contributed by atoms with E-state index >= 15 is 0 Å². The monoisotopic (exact) mass is 268 g/mol. The minimum absolute atomic E-state index is 0.131. The van der Waals surface area contributed by atoms with Crippen LogP contribution in [-0.2, 0) is 24.7 Å². The molecule has 0 amide bonds. The van der Waals surface area contributed by atoms with Gasteiger partial charge in [0.2, 0.25) is 0 Å². The summed E-state index contributed by atoms with van der Waals surface area (Å²) in [6.45, 7) is 4.27. The summed E-state index contributed by atoms with van der Waals surface area (Å²) in [6.07, 6.45) is 4.32. The highest BCUT2D eigenvalue weighted by Gasteiger charge is 2.28. The number of ketones is 1. The van der Waals surface area contributed by atoms with Gasteiger partial charge in [0.25, 0.3) is 0 Å². The Morgan fingerprint density at radius 1 is 1.50 bits per heavy atom. The zero-order valence-electron chi connectivity index (χ0n) is 11.4. The molecule has 1 aliphatic rings. The van der Waals surface area contributed by atoms with E-state index in [1.807, 2.05) is 18.7 Å². The van der Waals surface area contributed by atoms with Gasteiger partial charge in [-0.25, -0.2) is 0 Å². The lowest BCUT2D eigenvalue weighted by molar-refractivity contribution is -0.125. The number of aryl methyl sites for hydroxylation is 2. The van der Waals surface area contributed by atoms with Gasteiger partial charge in [0, 0.05) is 25.8 Å². The fourth-order valence-corrected chi connectivity index (χ4v) is 3.17. The van der Waals surface area contributed by atoms with E-state index in [1.165, 1.54) is 0 Å². The number of aromatic nitrogens is 2. The first-order chi connectivity index (χ1) is 8.52. The summed E-state index contributed by atoms with van der Waals surface area (Å²) in [5.74, 6) is 1.17. The molecule has 3 nitrogen and oxygen atoms in total. The number of hydrogen-bond donors (Lipinski definition) is 0. The van der Waals surface area contributed by atoms with Crippen molar-refractivity contribution < 1.29 is 4.79 Å². The molecule has 4 heteroatoms. The third-order valence-electron chi connectivity index (χ3n) is 3.97. The third kappa shape index (κ3) is 2.61. The Morgan fingerprint density at radius 2 is 2.22 bits per heavy atom. The van der Waals surface area contributed by atoms with Crippen LogP contribution in [0.25, 0.3) is 0 Å². The molecule has 2 rings (SSSR count). The minimum atomic E-state index is 0.131. The fraction of sp³-hybridized carbons (Fsp3) is 0.714. The number of Topliss-reactive ketones (excluding diaryl/α,β-unsaturated/α-hetero) is 1. The van der Waals surface area contributed by atoms with Crippen LogP contribution in [0.2, 0.25) is 5.02 Å². The summed E-state index contributed by atoms with van der Waals surface area (Å²) in [6, 6.07) is 0. The van der Waals surface area contributed by atoms with Crippen molar-refractivity contribution in [2.45, 2.75) is 46.0 Å². The second-order valence-corrected chi connectivity index (χ2v) is 5.81. The molecular weight excluding hydrogens is 248 g/mol. The lowest BCUT2D eigenvalue weighted by atomic mass is 9.79. The SMILES string of the molecule is CCc1nn(C)c(CC2CC(C)CCC2=O)c1Cl. The van der Waals surface area contributed by atoms with Gasteiger partial charge in [-0.3, -0.25) is 9.48 Å². The van der Waals surface area contributed by atoms with Gasteiger partial charge in [-0.05, 0) is 25.2 Å². The summed E-state index contributed by atoms with van der Waals surface area (Å²) in [4.78, 5) is 12.0. The molecule has 2 unspecified atom stereocenters. The van der Waals surface area contributed by atoms with Crippen molar-refractivity contribution in [1.29, 1.82) is 0 Å². The molecule has 0 N–H and O–H groups in total. The average molecular weight is 269 g/mol. The second kappa shape index (κ2) is 5.43. The van der Waals surface area contributed by atoms with Crippen molar-refractivity contribution >= 4 is 17.4 Å². The van der Waals surface area contributed by atoms with Crippen LogP contribution in [0.15, 0.2) is 0 Å². The van der Waals surface area contributed by atoms with E-state index in [1.54, 1.807) is 0 Å². The molecule has 1 aromatic rings. The summed E-state index contributed by atoms with van der Waals surface area (Å²) >= 11 is 6.34. The Hall–Kier alpha value is -0.830. The number of carbonyl (C=O) groups excluding carboxylic acids is 1. The van der Waals surface area contributed by atoms with Gasteiger partial charge in [-0.2, -0.15) is 5.10 Å². The Kier molecular flexibility index (Phi) is 4.10. The Morgan fingerprint density at radius 3 is 2.83 bits per heavy atom. The van der Waals surface area contributed by atoms with Crippen LogP contribution in [0.3, 0.4) is 0 Å². The molecule has 0 aromatic carbocycles. The van der Waals surface area contributed by atoms with Crippen LogP contribution in [0.4, 0.5) is 0 Å². The minimum Gasteiger partial charge on any atom is -0.299 e. The smallest absolute Gasteiger partial charge is 0.136 e. The van der Waals surface area contributed by atoms with Crippen LogP contribution in [0.1, 0.15) is 44.5 Å². The maximum Gasteiger partial charge on any atom is 0.136 e. The summed E-state index contributed by atoms with van der Waals surface area (Å²) in [5, 5.41) is 5.17. The maximum absolute atomic E-state index is 12.0. The topological polar surface area (TPSA) is 34.9 Å². The molecule has 0 aliphatic heterocycles. The van der Waals surface area contributed by atoms with Gasteiger partial charge in [0.1, 0.15) is 5.78 Å². The maximum atomic E-state index is 12.0.